The van der Waals surface area contributed by atoms with E-state index in [0.717, 1.165) is 10.8 Å². The van der Waals surface area contributed by atoms with Crippen LogP contribution < -0.4 is 4.74 Å². The average molecular weight is 249 g/mol. The van der Waals surface area contributed by atoms with Crippen molar-refractivity contribution in [1.29, 1.82) is 0 Å². The Labute approximate surface area is 110 Å². The van der Waals surface area contributed by atoms with Crippen LogP contribution in [0.25, 0.3) is 10.8 Å². The lowest BCUT2D eigenvalue weighted by molar-refractivity contribution is 0.0727. The largest absolute Gasteiger partial charge is 0.404 e. The minimum Gasteiger partial charge on any atom is -0.404 e. The number of esters is 1. The molecule has 0 aliphatic carbocycles. The van der Waals surface area contributed by atoms with Crippen molar-refractivity contribution in [3.63, 3.8) is 0 Å². The van der Waals surface area contributed by atoms with Gasteiger partial charge in [0.2, 0.25) is 5.88 Å². The third kappa shape index (κ3) is 2.45. The van der Waals surface area contributed by atoms with Crippen LogP contribution in [0.1, 0.15) is 10.4 Å². The summed E-state index contributed by atoms with van der Waals surface area (Å²) >= 11 is 0. The van der Waals surface area contributed by atoms with Crippen LogP contribution in [-0.2, 0) is 0 Å². The van der Waals surface area contributed by atoms with Crippen molar-refractivity contribution >= 4 is 16.7 Å². The molecule has 0 aliphatic heterocycles. The fourth-order valence-electron chi connectivity index (χ4n) is 1.88. The molecule has 0 atom stereocenters. The number of carbonyl (C=O) groups is 1. The summed E-state index contributed by atoms with van der Waals surface area (Å²) in [7, 11) is 0. The van der Waals surface area contributed by atoms with Gasteiger partial charge in [0.05, 0.1) is 5.56 Å². The number of fused-ring (bicyclic) bond motifs is 1. The van der Waals surface area contributed by atoms with Crippen LogP contribution in [0.5, 0.6) is 5.88 Å². The minimum atomic E-state index is -0.399. The minimum absolute atomic E-state index is 0.306. The maximum Gasteiger partial charge on any atom is 0.344 e. The predicted octanol–water partition coefficient (Wildman–Crippen LogP) is 3.45. The monoisotopic (exact) mass is 249 g/mol. The fourth-order valence-corrected chi connectivity index (χ4v) is 1.88. The van der Waals surface area contributed by atoms with Crippen LogP contribution in [0.15, 0.2) is 66.9 Å². The van der Waals surface area contributed by atoms with Gasteiger partial charge in [-0.1, -0.05) is 36.4 Å². The standard InChI is InChI=1S/C16H11NO2/c18-16(19-15-7-3-4-10-17-15)14-9-8-12-5-1-2-6-13(12)11-14/h1-11H. The highest BCUT2D eigenvalue weighted by Gasteiger charge is 2.09. The molecule has 3 nitrogen and oxygen atoms in total. The average Bonchev–Trinajstić information content (AvgIpc) is 2.48. The van der Waals surface area contributed by atoms with Crippen molar-refractivity contribution in [1.82, 2.24) is 4.98 Å². The van der Waals surface area contributed by atoms with Gasteiger partial charge in [-0.15, -0.1) is 0 Å². The molecular formula is C16H11NO2. The molecule has 3 rings (SSSR count). The Balaban J connectivity index is 1.89. The summed E-state index contributed by atoms with van der Waals surface area (Å²) in [6.45, 7) is 0. The van der Waals surface area contributed by atoms with Crippen molar-refractivity contribution < 1.29 is 9.53 Å². The van der Waals surface area contributed by atoms with E-state index in [1.54, 1.807) is 30.5 Å². The summed E-state index contributed by atoms with van der Waals surface area (Å²) in [5.74, 6) is -0.0925. The summed E-state index contributed by atoms with van der Waals surface area (Å²) in [5.41, 5.74) is 0.518. The molecule has 3 aromatic rings. The van der Waals surface area contributed by atoms with E-state index in [1.807, 2.05) is 36.4 Å². The molecule has 0 saturated carbocycles. The third-order valence-electron chi connectivity index (χ3n) is 2.82. The molecule has 0 saturated heterocycles. The van der Waals surface area contributed by atoms with E-state index in [0.29, 0.717) is 11.4 Å². The molecule has 0 amide bonds. The SMILES string of the molecule is O=C(Oc1ccccn1)c1ccc2ccccc2c1. The highest BCUT2D eigenvalue weighted by molar-refractivity contribution is 5.96. The molecule has 0 fully saturated rings. The van der Waals surface area contributed by atoms with Crippen LogP contribution in [-0.4, -0.2) is 11.0 Å². The van der Waals surface area contributed by atoms with E-state index in [-0.39, 0.29) is 0 Å². The molecule has 0 N–H and O–H groups in total. The van der Waals surface area contributed by atoms with E-state index < -0.39 is 5.97 Å². The predicted molar refractivity (Wildman–Crippen MR) is 73.1 cm³/mol. The number of hydrogen-bond donors (Lipinski definition) is 0. The van der Waals surface area contributed by atoms with Gasteiger partial charge in [0.15, 0.2) is 0 Å². The summed E-state index contributed by atoms with van der Waals surface area (Å²) in [4.78, 5) is 16.0. The van der Waals surface area contributed by atoms with E-state index in [9.17, 15) is 4.79 Å². The molecule has 0 bridgehead atoms. The molecule has 3 heteroatoms. The first-order valence-electron chi connectivity index (χ1n) is 5.95. The zero-order chi connectivity index (χ0) is 13.1. The Hall–Kier alpha value is -2.68. The maximum atomic E-state index is 12.0. The topological polar surface area (TPSA) is 39.2 Å². The van der Waals surface area contributed by atoms with Crippen molar-refractivity contribution in [2.45, 2.75) is 0 Å². The van der Waals surface area contributed by atoms with Gasteiger partial charge in [-0.2, -0.15) is 0 Å². The van der Waals surface area contributed by atoms with Crippen molar-refractivity contribution in [2.24, 2.45) is 0 Å². The molecule has 1 aromatic heterocycles. The van der Waals surface area contributed by atoms with Gasteiger partial charge >= 0.3 is 5.97 Å². The van der Waals surface area contributed by atoms with E-state index in [2.05, 4.69) is 4.98 Å². The number of hydrogen-bond acceptors (Lipinski definition) is 3. The molecule has 0 spiro atoms. The maximum absolute atomic E-state index is 12.0. The Morgan fingerprint density at radius 3 is 2.47 bits per heavy atom. The second-order valence-corrected chi connectivity index (χ2v) is 4.12. The van der Waals surface area contributed by atoms with E-state index in [4.69, 9.17) is 4.74 Å². The highest BCUT2D eigenvalue weighted by Crippen LogP contribution is 2.17. The van der Waals surface area contributed by atoms with Crippen LogP contribution in [0.4, 0.5) is 0 Å². The first kappa shape index (κ1) is 11.4. The Kier molecular flexibility index (Phi) is 2.94. The lowest BCUT2D eigenvalue weighted by Gasteiger charge is -2.04. The Morgan fingerprint density at radius 2 is 1.68 bits per heavy atom. The molecular weight excluding hydrogens is 238 g/mol. The number of pyridine rings is 1. The van der Waals surface area contributed by atoms with Crippen LogP contribution in [0, 0.1) is 0 Å². The lowest BCUT2D eigenvalue weighted by atomic mass is 10.1. The van der Waals surface area contributed by atoms with Gasteiger partial charge in [-0.25, -0.2) is 9.78 Å². The van der Waals surface area contributed by atoms with Gasteiger partial charge in [-0.05, 0) is 29.0 Å². The highest BCUT2D eigenvalue weighted by atomic mass is 16.5. The van der Waals surface area contributed by atoms with Crippen LogP contribution >= 0.6 is 0 Å². The molecule has 2 aromatic carbocycles. The van der Waals surface area contributed by atoms with E-state index in [1.165, 1.54) is 0 Å². The van der Waals surface area contributed by atoms with Gasteiger partial charge in [0, 0.05) is 12.3 Å². The summed E-state index contributed by atoms with van der Waals surface area (Å²) in [6.07, 6.45) is 1.59. The van der Waals surface area contributed by atoms with Gasteiger partial charge in [0.25, 0.3) is 0 Å². The number of carbonyl (C=O) groups excluding carboxylic acids is 1. The molecule has 1 heterocycles. The third-order valence-corrected chi connectivity index (χ3v) is 2.82. The summed E-state index contributed by atoms with van der Waals surface area (Å²) in [6, 6.07) is 18.6. The molecule has 19 heavy (non-hydrogen) atoms. The molecule has 0 unspecified atom stereocenters. The Bertz CT molecular complexity index is 723. The number of aromatic nitrogens is 1. The zero-order valence-electron chi connectivity index (χ0n) is 10.1. The van der Waals surface area contributed by atoms with Crippen molar-refractivity contribution in [3.05, 3.63) is 72.4 Å². The number of ether oxygens (including phenoxy) is 1. The zero-order valence-corrected chi connectivity index (χ0v) is 10.1. The van der Waals surface area contributed by atoms with Crippen molar-refractivity contribution in [2.75, 3.05) is 0 Å². The number of benzene rings is 2. The Morgan fingerprint density at radius 1 is 0.895 bits per heavy atom. The van der Waals surface area contributed by atoms with Gasteiger partial charge < -0.3 is 4.74 Å². The van der Waals surface area contributed by atoms with Gasteiger partial charge in [0.1, 0.15) is 0 Å². The van der Waals surface area contributed by atoms with Crippen molar-refractivity contribution in [3.8, 4) is 5.88 Å². The normalized spacial score (nSPS) is 10.3. The first-order valence-corrected chi connectivity index (χ1v) is 5.95. The fraction of sp³-hybridized carbons (Fsp3) is 0. The summed E-state index contributed by atoms with van der Waals surface area (Å²) in [5, 5.41) is 2.11. The van der Waals surface area contributed by atoms with Gasteiger partial charge in [-0.3, -0.25) is 0 Å². The lowest BCUT2D eigenvalue weighted by Crippen LogP contribution is -2.09. The molecule has 0 aliphatic rings. The van der Waals surface area contributed by atoms with E-state index >= 15 is 0 Å². The van der Waals surface area contributed by atoms with Crippen LogP contribution in [0.3, 0.4) is 0 Å². The first-order chi connectivity index (χ1) is 9.33. The summed E-state index contributed by atoms with van der Waals surface area (Å²) < 4.78 is 5.20. The quantitative estimate of drug-likeness (QED) is 0.653. The smallest absolute Gasteiger partial charge is 0.344 e. The number of rotatable bonds is 2. The molecule has 92 valence electrons. The van der Waals surface area contributed by atoms with Crippen LogP contribution in [0.2, 0.25) is 0 Å². The number of nitrogens with zero attached hydrogens (tertiary/aromatic N) is 1. The second kappa shape index (κ2) is 4.90. The molecule has 0 radical (unpaired) electrons. The second-order valence-electron chi connectivity index (χ2n) is 4.12.